The number of amides is 1. The number of nitrogens with one attached hydrogen (secondary N) is 1. The highest BCUT2D eigenvalue weighted by atomic mass is 32.2. The second-order valence-electron chi connectivity index (χ2n) is 5.66. The van der Waals surface area contributed by atoms with Crippen molar-refractivity contribution >= 4 is 38.9 Å². The maximum Gasteiger partial charge on any atom is 0.350 e. The van der Waals surface area contributed by atoms with Crippen molar-refractivity contribution in [1.82, 2.24) is 9.29 Å². The number of esters is 1. The maximum absolute atomic E-state index is 12.3. The average molecular weight is 397 g/mol. The number of rotatable bonds is 6. The number of aromatic nitrogens is 1. The molecule has 0 fully saturated rings. The van der Waals surface area contributed by atoms with Crippen LogP contribution in [0.1, 0.15) is 20.9 Å². The van der Waals surface area contributed by atoms with Crippen molar-refractivity contribution in [3.05, 3.63) is 39.8 Å². The van der Waals surface area contributed by atoms with E-state index in [0.29, 0.717) is 21.8 Å². The third-order valence-electron chi connectivity index (χ3n) is 3.50. The van der Waals surface area contributed by atoms with E-state index in [1.165, 1.54) is 25.7 Å². The molecule has 10 heteroatoms. The van der Waals surface area contributed by atoms with Gasteiger partial charge in [0.25, 0.3) is 5.91 Å². The molecule has 0 atom stereocenters. The largest absolute Gasteiger partial charge is 0.451 e. The van der Waals surface area contributed by atoms with Crippen LogP contribution in [-0.2, 0) is 19.6 Å². The highest BCUT2D eigenvalue weighted by molar-refractivity contribution is 7.89. The van der Waals surface area contributed by atoms with E-state index < -0.39 is 28.5 Å². The Bertz CT molecular complexity index is 935. The van der Waals surface area contributed by atoms with Gasteiger partial charge in [-0.2, -0.15) is 0 Å². The van der Waals surface area contributed by atoms with Gasteiger partial charge in [-0.15, -0.1) is 11.3 Å². The minimum atomic E-state index is -3.63. The van der Waals surface area contributed by atoms with Crippen LogP contribution in [0.5, 0.6) is 0 Å². The first-order valence-corrected chi connectivity index (χ1v) is 9.85. The topological polar surface area (TPSA) is 106 Å². The van der Waals surface area contributed by atoms with E-state index >= 15 is 0 Å². The molecule has 0 aliphatic carbocycles. The van der Waals surface area contributed by atoms with E-state index in [1.54, 1.807) is 26.0 Å². The van der Waals surface area contributed by atoms with Gasteiger partial charge in [0, 0.05) is 19.8 Å². The fourth-order valence-electron chi connectivity index (χ4n) is 2.04. The van der Waals surface area contributed by atoms with Crippen LogP contribution in [-0.4, -0.2) is 50.3 Å². The number of ether oxygens (including phenoxy) is 1. The van der Waals surface area contributed by atoms with Gasteiger partial charge >= 0.3 is 5.97 Å². The first-order chi connectivity index (χ1) is 12.1. The Kier molecular flexibility index (Phi) is 6.11. The summed E-state index contributed by atoms with van der Waals surface area (Å²) in [6.07, 6.45) is 0. The van der Waals surface area contributed by atoms with Crippen molar-refractivity contribution in [2.45, 2.75) is 18.7 Å². The summed E-state index contributed by atoms with van der Waals surface area (Å²) in [4.78, 5) is 28.2. The summed E-state index contributed by atoms with van der Waals surface area (Å²) in [7, 11) is -0.772. The molecular weight excluding hydrogens is 378 g/mol. The SMILES string of the molecule is Cc1ccc(NC(=O)COC(=O)c2scnc2C)cc1S(=O)(=O)N(C)C. The van der Waals surface area contributed by atoms with Gasteiger partial charge in [0.15, 0.2) is 6.61 Å². The summed E-state index contributed by atoms with van der Waals surface area (Å²) < 4.78 is 30.7. The van der Waals surface area contributed by atoms with Crippen LogP contribution in [0.4, 0.5) is 5.69 Å². The second-order valence-corrected chi connectivity index (χ2v) is 8.63. The quantitative estimate of drug-likeness (QED) is 0.745. The van der Waals surface area contributed by atoms with E-state index in [1.807, 2.05) is 0 Å². The molecule has 0 unspecified atom stereocenters. The predicted molar refractivity (Wildman–Crippen MR) is 97.8 cm³/mol. The van der Waals surface area contributed by atoms with Crippen molar-refractivity contribution in [1.29, 1.82) is 0 Å². The van der Waals surface area contributed by atoms with Crippen LogP contribution in [0.3, 0.4) is 0 Å². The number of sulfonamides is 1. The van der Waals surface area contributed by atoms with E-state index in [2.05, 4.69) is 10.3 Å². The second kappa shape index (κ2) is 7.94. The van der Waals surface area contributed by atoms with Crippen LogP contribution in [0.15, 0.2) is 28.6 Å². The highest BCUT2D eigenvalue weighted by Gasteiger charge is 2.21. The minimum absolute atomic E-state index is 0.0950. The normalized spacial score (nSPS) is 11.4. The molecule has 26 heavy (non-hydrogen) atoms. The Morgan fingerprint density at radius 2 is 1.96 bits per heavy atom. The number of aryl methyl sites for hydroxylation is 2. The van der Waals surface area contributed by atoms with Crippen LogP contribution >= 0.6 is 11.3 Å². The number of benzene rings is 1. The zero-order valence-electron chi connectivity index (χ0n) is 14.8. The number of hydrogen-bond acceptors (Lipinski definition) is 7. The third kappa shape index (κ3) is 4.45. The molecule has 0 saturated carbocycles. The fourth-order valence-corrected chi connectivity index (χ4v) is 3.88. The summed E-state index contributed by atoms with van der Waals surface area (Å²) >= 11 is 1.13. The summed E-state index contributed by atoms with van der Waals surface area (Å²) in [5.74, 6) is -1.20. The molecule has 0 spiro atoms. The molecule has 0 saturated heterocycles. The summed E-state index contributed by atoms with van der Waals surface area (Å²) in [6, 6.07) is 4.55. The van der Waals surface area contributed by atoms with Gasteiger partial charge in [-0.1, -0.05) is 6.07 Å². The molecule has 2 aromatic rings. The number of hydrogen-bond donors (Lipinski definition) is 1. The molecule has 0 aliphatic heterocycles. The lowest BCUT2D eigenvalue weighted by Gasteiger charge is -2.15. The van der Waals surface area contributed by atoms with Gasteiger partial charge < -0.3 is 10.1 Å². The van der Waals surface area contributed by atoms with Crippen LogP contribution < -0.4 is 5.32 Å². The zero-order chi connectivity index (χ0) is 19.5. The van der Waals surface area contributed by atoms with E-state index in [0.717, 1.165) is 15.6 Å². The van der Waals surface area contributed by atoms with Crippen LogP contribution in [0.25, 0.3) is 0 Å². The van der Waals surface area contributed by atoms with Gasteiger partial charge in [-0.25, -0.2) is 22.5 Å². The standard InChI is InChI=1S/C16H19N3O5S2/c1-10-5-6-12(7-13(10)26(22,23)19(3)4)18-14(20)8-24-16(21)15-11(2)17-9-25-15/h5-7,9H,8H2,1-4H3,(H,18,20). The molecule has 0 radical (unpaired) electrons. The van der Waals surface area contributed by atoms with Crippen molar-refractivity contribution in [2.75, 3.05) is 26.0 Å². The van der Waals surface area contributed by atoms with E-state index in [9.17, 15) is 18.0 Å². The first-order valence-electron chi connectivity index (χ1n) is 7.53. The Morgan fingerprint density at radius 3 is 2.54 bits per heavy atom. The van der Waals surface area contributed by atoms with Gasteiger partial charge in [0.2, 0.25) is 10.0 Å². The number of nitrogens with zero attached hydrogens (tertiary/aromatic N) is 2. The first kappa shape index (κ1) is 20.0. The third-order valence-corrected chi connectivity index (χ3v) is 6.36. The smallest absolute Gasteiger partial charge is 0.350 e. The molecule has 1 amide bonds. The molecule has 8 nitrogen and oxygen atoms in total. The lowest BCUT2D eigenvalue weighted by Crippen LogP contribution is -2.24. The summed E-state index contributed by atoms with van der Waals surface area (Å²) in [5.41, 5.74) is 2.91. The Labute approximate surface area is 155 Å². The minimum Gasteiger partial charge on any atom is -0.451 e. The number of carbonyl (C=O) groups is 2. The van der Waals surface area contributed by atoms with Crippen molar-refractivity contribution in [2.24, 2.45) is 0 Å². The number of anilines is 1. The molecule has 2 rings (SSSR count). The van der Waals surface area contributed by atoms with E-state index in [-0.39, 0.29) is 4.90 Å². The molecule has 0 aliphatic rings. The Morgan fingerprint density at radius 1 is 1.27 bits per heavy atom. The van der Waals surface area contributed by atoms with Gasteiger partial charge in [0.05, 0.1) is 16.1 Å². The summed E-state index contributed by atoms with van der Waals surface area (Å²) in [6.45, 7) is 2.85. The Balaban J connectivity index is 2.06. The van der Waals surface area contributed by atoms with Crippen LogP contribution in [0, 0.1) is 13.8 Å². The molecule has 140 valence electrons. The molecule has 1 N–H and O–H groups in total. The predicted octanol–water partition coefficient (Wildman–Crippen LogP) is 1.81. The fraction of sp³-hybridized carbons (Fsp3) is 0.312. The van der Waals surface area contributed by atoms with Gasteiger partial charge in [-0.3, -0.25) is 4.79 Å². The van der Waals surface area contributed by atoms with Crippen molar-refractivity contribution < 1.29 is 22.7 Å². The molecule has 1 heterocycles. The monoisotopic (exact) mass is 397 g/mol. The van der Waals surface area contributed by atoms with Crippen LogP contribution in [0.2, 0.25) is 0 Å². The molecule has 1 aromatic heterocycles. The average Bonchev–Trinajstić information content (AvgIpc) is 3.00. The highest BCUT2D eigenvalue weighted by Crippen LogP contribution is 2.22. The number of thiazole rings is 1. The molecular formula is C16H19N3O5S2. The van der Waals surface area contributed by atoms with Crippen molar-refractivity contribution in [3.8, 4) is 0 Å². The molecule has 1 aromatic carbocycles. The Hall–Kier alpha value is -2.30. The zero-order valence-corrected chi connectivity index (χ0v) is 16.4. The molecule has 0 bridgehead atoms. The van der Waals surface area contributed by atoms with Crippen molar-refractivity contribution in [3.63, 3.8) is 0 Å². The summed E-state index contributed by atoms with van der Waals surface area (Å²) in [5, 5.41) is 2.52. The van der Waals surface area contributed by atoms with Gasteiger partial charge in [0.1, 0.15) is 4.88 Å². The lowest BCUT2D eigenvalue weighted by molar-refractivity contribution is -0.119. The maximum atomic E-state index is 12.3. The lowest BCUT2D eigenvalue weighted by atomic mass is 10.2. The number of carbonyl (C=O) groups excluding carboxylic acids is 2. The van der Waals surface area contributed by atoms with Gasteiger partial charge in [-0.05, 0) is 31.5 Å². The van der Waals surface area contributed by atoms with E-state index in [4.69, 9.17) is 4.74 Å².